The zero-order valence-electron chi connectivity index (χ0n) is 5.87. The highest BCUT2D eigenvalue weighted by molar-refractivity contribution is 9.10. The fourth-order valence-corrected chi connectivity index (χ4v) is 1.45. The first-order valence-electron chi connectivity index (χ1n) is 3.02. The second kappa shape index (κ2) is 3.41. The average molecular weight is 251 g/mol. The lowest BCUT2D eigenvalue weighted by Crippen LogP contribution is -2.14. The minimum atomic E-state index is -0.668. The maximum atomic E-state index is 13.1. The molecule has 1 aromatic carbocycles. The molecule has 0 atom stereocenters. The molecule has 0 saturated heterocycles. The van der Waals surface area contributed by atoms with Crippen molar-refractivity contribution in [3.8, 4) is 0 Å². The number of nitrogen functional groups attached to an aromatic ring is 1. The van der Waals surface area contributed by atoms with E-state index in [1.165, 1.54) is 6.07 Å². The molecule has 12 heavy (non-hydrogen) atoms. The van der Waals surface area contributed by atoms with Gasteiger partial charge in [-0.05, 0) is 28.1 Å². The van der Waals surface area contributed by atoms with Crippen molar-refractivity contribution < 1.29 is 4.39 Å². The van der Waals surface area contributed by atoms with E-state index in [0.29, 0.717) is 4.47 Å². The topological polar surface area (TPSA) is 49.9 Å². The van der Waals surface area contributed by atoms with Gasteiger partial charge in [-0.2, -0.15) is 0 Å². The van der Waals surface area contributed by atoms with E-state index < -0.39 is 5.82 Å². The van der Waals surface area contributed by atoms with E-state index in [0.717, 1.165) is 0 Å². The molecule has 0 aromatic heterocycles. The Morgan fingerprint density at radius 2 is 2.17 bits per heavy atom. The Morgan fingerprint density at radius 1 is 1.58 bits per heavy atom. The molecule has 3 N–H and O–H groups in total. The van der Waals surface area contributed by atoms with Gasteiger partial charge >= 0.3 is 0 Å². The Labute approximate surface area is 82.2 Å². The van der Waals surface area contributed by atoms with Crippen LogP contribution in [0.1, 0.15) is 5.56 Å². The summed E-state index contributed by atoms with van der Waals surface area (Å²) in [4.78, 5) is 0. The second-order valence-electron chi connectivity index (χ2n) is 2.13. The van der Waals surface area contributed by atoms with E-state index in [-0.39, 0.29) is 16.4 Å². The van der Waals surface area contributed by atoms with Gasteiger partial charge in [0.15, 0.2) is 5.82 Å². The quantitative estimate of drug-likeness (QED) is 0.450. The monoisotopic (exact) mass is 250 g/mol. The molecule has 0 radical (unpaired) electrons. The summed E-state index contributed by atoms with van der Waals surface area (Å²) in [6, 6.07) is 2.94. The molecule has 0 aliphatic heterocycles. The maximum absolute atomic E-state index is 13.1. The van der Waals surface area contributed by atoms with Crippen LogP contribution in [0.3, 0.4) is 0 Å². The predicted octanol–water partition coefficient (Wildman–Crippen LogP) is 2.53. The van der Waals surface area contributed by atoms with Crippen molar-refractivity contribution in [2.75, 3.05) is 0 Å². The number of amidine groups is 1. The predicted molar refractivity (Wildman–Crippen MR) is 50.1 cm³/mol. The number of hydrogen-bond acceptors (Lipinski definition) is 1. The van der Waals surface area contributed by atoms with Crippen LogP contribution in [0.5, 0.6) is 0 Å². The Morgan fingerprint density at radius 3 is 2.58 bits per heavy atom. The summed E-state index contributed by atoms with van der Waals surface area (Å²) < 4.78 is 13.6. The average Bonchev–Trinajstić information content (AvgIpc) is 1.97. The number of nitrogens with two attached hydrogens (primary N) is 1. The van der Waals surface area contributed by atoms with Gasteiger partial charge in [0.25, 0.3) is 0 Å². The van der Waals surface area contributed by atoms with E-state index in [1.807, 2.05) is 0 Å². The molecule has 2 nitrogen and oxygen atoms in total. The molecule has 0 spiro atoms. The molecule has 0 aliphatic carbocycles. The van der Waals surface area contributed by atoms with Crippen molar-refractivity contribution in [2.45, 2.75) is 0 Å². The highest BCUT2D eigenvalue weighted by Crippen LogP contribution is 2.25. The Kier molecular flexibility index (Phi) is 2.69. The third-order valence-electron chi connectivity index (χ3n) is 1.31. The van der Waals surface area contributed by atoms with E-state index >= 15 is 0 Å². The fourth-order valence-electron chi connectivity index (χ4n) is 0.774. The summed E-state index contributed by atoms with van der Waals surface area (Å²) in [7, 11) is 0. The van der Waals surface area contributed by atoms with Crippen LogP contribution in [0.25, 0.3) is 0 Å². The number of rotatable bonds is 1. The number of halogens is 3. The van der Waals surface area contributed by atoms with E-state index in [1.54, 1.807) is 6.07 Å². The zero-order valence-corrected chi connectivity index (χ0v) is 8.21. The van der Waals surface area contributed by atoms with Gasteiger partial charge in [0.2, 0.25) is 0 Å². The largest absolute Gasteiger partial charge is 0.384 e. The van der Waals surface area contributed by atoms with Crippen molar-refractivity contribution in [1.82, 2.24) is 0 Å². The molecule has 1 rings (SSSR count). The van der Waals surface area contributed by atoms with Gasteiger partial charge in [-0.1, -0.05) is 11.6 Å². The molecule has 0 aliphatic rings. The van der Waals surface area contributed by atoms with Crippen LogP contribution >= 0.6 is 27.5 Å². The van der Waals surface area contributed by atoms with Crippen molar-refractivity contribution >= 4 is 33.4 Å². The first-order valence-corrected chi connectivity index (χ1v) is 4.19. The number of hydrogen-bond donors (Lipinski definition) is 2. The molecule has 0 unspecified atom stereocenters. The number of benzene rings is 1. The normalized spacial score (nSPS) is 9.92. The molecule has 5 heteroatoms. The Balaban J connectivity index is 3.43. The number of nitrogens with one attached hydrogen (secondary N) is 1. The first-order chi connectivity index (χ1) is 5.54. The van der Waals surface area contributed by atoms with Crippen LogP contribution in [-0.2, 0) is 0 Å². The molecule has 64 valence electrons. The van der Waals surface area contributed by atoms with Crippen LogP contribution in [-0.4, -0.2) is 5.84 Å². The van der Waals surface area contributed by atoms with Crippen LogP contribution in [0.2, 0.25) is 5.02 Å². The van der Waals surface area contributed by atoms with Crippen molar-refractivity contribution in [2.24, 2.45) is 5.73 Å². The van der Waals surface area contributed by atoms with Gasteiger partial charge < -0.3 is 5.73 Å². The van der Waals surface area contributed by atoms with E-state index in [4.69, 9.17) is 22.7 Å². The smallest absolute Gasteiger partial charge is 0.153 e. The summed E-state index contributed by atoms with van der Waals surface area (Å²) >= 11 is 8.54. The summed E-state index contributed by atoms with van der Waals surface area (Å²) in [5.74, 6) is -1.01. The summed E-state index contributed by atoms with van der Waals surface area (Å²) in [6.45, 7) is 0. The summed E-state index contributed by atoms with van der Waals surface area (Å²) in [5.41, 5.74) is 5.14. The lowest BCUT2D eigenvalue weighted by atomic mass is 10.2. The van der Waals surface area contributed by atoms with Crippen molar-refractivity contribution in [3.05, 3.63) is 33.0 Å². The molecular weight excluding hydrogens is 246 g/mol. The van der Waals surface area contributed by atoms with Crippen LogP contribution in [0.4, 0.5) is 4.39 Å². The highest BCUT2D eigenvalue weighted by Gasteiger charge is 2.12. The van der Waals surface area contributed by atoms with Crippen LogP contribution < -0.4 is 5.73 Å². The van der Waals surface area contributed by atoms with Gasteiger partial charge in [-0.3, -0.25) is 5.41 Å². The summed E-state index contributed by atoms with van der Waals surface area (Å²) in [5, 5.41) is 7.02. The van der Waals surface area contributed by atoms with Gasteiger partial charge in [0, 0.05) is 4.47 Å². The third-order valence-corrected chi connectivity index (χ3v) is 2.27. The van der Waals surface area contributed by atoms with E-state index in [9.17, 15) is 4.39 Å². The molecule has 0 saturated carbocycles. The van der Waals surface area contributed by atoms with Gasteiger partial charge in [-0.15, -0.1) is 0 Å². The van der Waals surface area contributed by atoms with E-state index in [2.05, 4.69) is 15.9 Å². The molecular formula is C7H5BrClFN2. The molecule has 1 aromatic rings. The molecule has 0 amide bonds. The summed E-state index contributed by atoms with van der Waals surface area (Å²) in [6.07, 6.45) is 0. The minimum Gasteiger partial charge on any atom is -0.384 e. The third kappa shape index (κ3) is 1.59. The second-order valence-corrected chi connectivity index (χ2v) is 3.39. The van der Waals surface area contributed by atoms with Gasteiger partial charge in [-0.25, -0.2) is 4.39 Å². The van der Waals surface area contributed by atoms with Crippen molar-refractivity contribution in [1.29, 1.82) is 5.41 Å². The van der Waals surface area contributed by atoms with Crippen molar-refractivity contribution in [3.63, 3.8) is 0 Å². The minimum absolute atomic E-state index is 0.00231. The van der Waals surface area contributed by atoms with Gasteiger partial charge in [0.05, 0.1) is 10.6 Å². The Bertz CT molecular complexity index is 340. The first kappa shape index (κ1) is 9.48. The van der Waals surface area contributed by atoms with Gasteiger partial charge in [0.1, 0.15) is 5.84 Å². The van der Waals surface area contributed by atoms with Crippen LogP contribution in [0.15, 0.2) is 16.6 Å². The highest BCUT2D eigenvalue weighted by atomic mass is 79.9. The standard InChI is InChI=1S/C7H5BrClFN2/c8-3-1-2-4(9)6(10)5(3)7(11)12/h1-2H,(H3,11,12). The molecule has 0 heterocycles. The fraction of sp³-hybridized carbons (Fsp3) is 0. The maximum Gasteiger partial charge on any atom is 0.153 e. The molecule has 0 fully saturated rings. The lowest BCUT2D eigenvalue weighted by Gasteiger charge is -2.04. The van der Waals surface area contributed by atoms with Crippen LogP contribution in [0, 0.1) is 11.2 Å². The Hall–Kier alpha value is -0.610. The lowest BCUT2D eigenvalue weighted by molar-refractivity contribution is 0.624. The SMILES string of the molecule is N=C(N)c1c(Br)ccc(Cl)c1F. The zero-order chi connectivity index (χ0) is 9.30. The molecule has 0 bridgehead atoms.